The van der Waals surface area contributed by atoms with Crippen molar-refractivity contribution in [1.82, 2.24) is 19.7 Å². The number of likely N-dealkylation sites (tertiary alicyclic amines) is 1. The maximum atomic E-state index is 13.8. The van der Waals surface area contributed by atoms with Gasteiger partial charge in [-0.15, -0.1) is 11.3 Å². The molecule has 186 valence electrons. The van der Waals surface area contributed by atoms with Crippen LogP contribution in [0, 0.1) is 12.3 Å². The molecule has 2 aliphatic rings. The van der Waals surface area contributed by atoms with Gasteiger partial charge in [0.1, 0.15) is 17.0 Å². The molecule has 0 N–H and O–H groups in total. The fraction of sp³-hybridized carbons (Fsp3) is 0.556. The van der Waals surface area contributed by atoms with Crippen LogP contribution in [0.2, 0.25) is 0 Å². The molecule has 35 heavy (non-hydrogen) atoms. The normalized spacial score (nSPS) is 22.3. The number of carbonyl (C=O) groups is 2. The number of amides is 1. The number of fused-ring (bicyclic) bond motifs is 2. The van der Waals surface area contributed by atoms with Gasteiger partial charge in [0.05, 0.1) is 20.0 Å². The Kier molecular flexibility index (Phi) is 3.88. The zero-order chi connectivity index (χ0) is 31.9. The van der Waals surface area contributed by atoms with E-state index in [1.54, 1.807) is 16.2 Å². The van der Waals surface area contributed by atoms with Gasteiger partial charge in [-0.2, -0.15) is 5.10 Å². The number of carbonyl (C=O) groups excluding carboxylic acids is 2. The number of benzene rings is 1. The van der Waals surface area contributed by atoms with Crippen molar-refractivity contribution in [2.45, 2.75) is 65.6 Å². The van der Waals surface area contributed by atoms with Crippen LogP contribution in [-0.4, -0.2) is 51.0 Å². The van der Waals surface area contributed by atoms with Crippen LogP contribution in [-0.2, 0) is 18.8 Å². The summed E-state index contributed by atoms with van der Waals surface area (Å²) in [4.78, 5) is 34.2. The Morgan fingerprint density at radius 1 is 1.29 bits per heavy atom. The van der Waals surface area contributed by atoms with Crippen molar-refractivity contribution in [2.24, 2.45) is 12.4 Å². The minimum Gasteiger partial charge on any atom is -0.492 e. The first-order valence-electron chi connectivity index (χ1n) is 15.7. The summed E-state index contributed by atoms with van der Waals surface area (Å²) in [6, 6.07) is 2.53. The van der Waals surface area contributed by atoms with E-state index in [9.17, 15) is 9.59 Å². The Morgan fingerprint density at radius 3 is 2.71 bits per heavy atom. The first-order chi connectivity index (χ1) is 19.6. The zero-order valence-corrected chi connectivity index (χ0v) is 21.1. The topological polar surface area (TPSA) is 77.3 Å². The summed E-state index contributed by atoms with van der Waals surface area (Å²) in [5, 5.41) is 4.67. The fourth-order valence-electron chi connectivity index (χ4n) is 5.08. The maximum Gasteiger partial charge on any atom is 0.254 e. The minimum absolute atomic E-state index is 0.0253. The van der Waals surface area contributed by atoms with Crippen molar-refractivity contribution in [1.29, 1.82) is 0 Å². The molecule has 1 amide bonds. The summed E-state index contributed by atoms with van der Waals surface area (Å²) >= 11 is 1.58. The number of ether oxygens (including phenoxy) is 1. The van der Waals surface area contributed by atoms with E-state index in [0.29, 0.717) is 42.7 Å². The summed E-state index contributed by atoms with van der Waals surface area (Å²) in [6.45, 7) is 0.0557. The highest BCUT2D eigenvalue weighted by molar-refractivity contribution is 7.12. The Bertz CT molecular complexity index is 1600. The summed E-state index contributed by atoms with van der Waals surface area (Å²) < 4.78 is 69.3. The van der Waals surface area contributed by atoms with Crippen LogP contribution < -0.4 is 4.74 Å². The molecule has 1 aromatic carbocycles. The number of nitrogens with zero attached hydrogens (tertiary/aromatic N) is 4. The fourth-order valence-corrected chi connectivity index (χ4v) is 6.39. The molecule has 0 atom stereocenters. The number of thiazole rings is 1. The lowest BCUT2D eigenvalue weighted by Gasteiger charge is -2.43. The average molecular weight is 503 g/mol. The van der Waals surface area contributed by atoms with Gasteiger partial charge in [0.2, 0.25) is 0 Å². The first kappa shape index (κ1) is 16.1. The van der Waals surface area contributed by atoms with Crippen molar-refractivity contribution in [2.75, 3.05) is 19.6 Å². The number of ketones is 1. The third kappa shape index (κ3) is 4.15. The van der Waals surface area contributed by atoms with Crippen molar-refractivity contribution >= 4 is 33.9 Å². The summed E-state index contributed by atoms with van der Waals surface area (Å²) in [5.74, 6) is -0.712. The Balaban J connectivity index is 1.47. The average Bonchev–Trinajstić information content (AvgIpc) is 3.45. The van der Waals surface area contributed by atoms with E-state index in [4.69, 9.17) is 15.7 Å². The van der Waals surface area contributed by atoms with Gasteiger partial charge in [0, 0.05) is 56.0 Å². The molecular weight excluding hydrogens is 460 g/mol. The van der Waals surface area contributed by atoms with Crippen LogP contribution in [0.1, 0.15) is 94.3 Å². The quantitative estimate of drug-likeness (QED) is 0.499. The van der Waals surface area contributed by atoms with Crippen LogP contribution >= 0.6 is 11.3 Å². The number of aryl methyl sites for hydroxylation is 2. The van der Waals surface area contributed by atoms with E-state index in [1.165, 1.54) is 12.1 Å². The predicted octanol–water partition coefficient (Wildman–Crippen LogP) is 5.09. The maximum absolute atomic E-state index is 13.8. The number of piperidine rings is 1. The molecular formula is C27H34N4O3S. The van der Waals surface area contributed by atoms with E-state index in [1.807, 2.05) is 0 Å². The van der Waals surface area contributed by atoms with Crippen molar-refractivity contribution in [3.05, 3.63) is 39.0 Å². The third-order valence-electron chi connectivity index (χ3n) is 6.99. The lowest BCUT2D eigenvalue weighted by molar-refractivity contribution is 0.0522. The van der Waals surface area contributed by atoms with Gasteiger partial charge >= 0.3 is 0 Å². The number of rotatable bonds is 3. The van der Waals surface area contributed by atoms with Crippen molar-refractivity contribution < 1.29 is 25.3 Å². The van der Waals surface area contributed by atoms with Crippen molar-refractivity contribution in [3.8, 4) is 5.75 Å². The number of hydrogen-bond acceptors (Lipinski definition) is 6. The van der Waals surface area contributed by atoms with E-state index in [-0.39, 0.29) is 38.8 Å². The van der Waals surface area contributed by atoms with E-state index in [0.717, 1.165) is 23.2 Å². The standard InChI is InChI=1S/C27H34N4O3S/c1-7-34-20-13-17(12-18-16(2)29-30(6)23(18)20)24(33)31-10-8-27(9-11-31)14-19(32)22-21(15-27)35-25(28-22)26(3,4)5/h12-13H,7-11,14-15H2,1-6H3/i2D3,6D3,7D2. The molecule has 0 saturated carbocycles. The lowest BCUT2D eigenvalue weighted by Crippen LogP contribution is -2.46. The molecule has 0 radical (unpaired) electrons. The lowest BCUT2D eigenvalue weighted by atomic mass is 9.68. The Morgan fingerprint density at radius 2 is 2.06 bits per heavy atom. The number of aromatic nitrogens is 3. The second-order valence-corrected chi connectivity index (χ2v) is 11.6. The second kappa shape index (κ2) is 8.43. The van der Waals surface area contributed by atoms with Crippen LogP contribution in [0.3, 0.4) is 0 Å². The summed E-state index contributed by atoms with van der Waals surface area (Å²) in [6.07, 6.45) is 2.26. The predicted molar refractivity (Wildman–Crippen MR) is 138 cm³/mol. The molecule has 0 unspecified atom stereocenters. The molecule has 8 heteroatoms. The molecule has 5 rings (SSSR count). The summed E-state index contributed by atoms with van der Waals surface area (Å²) in [7, 11) is 0. The van der Waals surface area contributed by atoms with Gasteiger partial charge in [0.25, 0.3) is 5.91 Å². The SMILES string of the molecule is [2H]C([2H])(C)Oc1cc(C(=O)N2CCC3(CC2)CC(=O)c2nc(C(C)(C)C)sc2C3)cc2c(C([2H])([2H])[2H])nn(C([2H])([2H])[2H])c12. The van der Waals surface area contributed by atoms with Crippen LogP contribution in [0.25, 0.3) is 10.9 Å². The van der Waals surface area contributed by atoms with Gasteiger partial charge in [-0.1, -0.05) is 20.8 Å². The van der Waals surface area contributed by atoms with Crippen molar-refractivity contribution in [3.63, 3.8) is 0 Å². The Labute approximate surface area is 221 Å². The zero-order valence-electron chi connectivity index (χ0n) is 28.3. The minimum atomic E-state index is -2.89. The molecule has 1 fully saturated rings. The third-order valence-corrected chi connectivity index (χ3v) is 8.47. The number of hydrogen-bond donors (Lipinski definition) is 0. The van der Waals surface area contributed by atoms with Gasteiger partial charge in [-0.3, -0.25) is 14.3 Å². The van der Waals surface area contributed by atoms with E-state index >= 15 is 0 Å². The molecule has 3 aromatic rings. The smallest absolute Gasteiger partial charge is 0.254 e. The van der Waals surface area contributed by atoms with Gasteiger partial charge in [-0.05, 0) is 50.6 Å². The largest absolute Gasteiger partial charge is 0.492 e. The van der Waals surface area contributed by atoms with Gasteiger partial charge in [-0.25, -0.2) is 4.98 Å². The highest BCUT2D eigenvalue weighted by Crippen LogP contribution is 2.46. The molecule has 1 spiro atoms. The molecule has 2 aromatic heterocycles. The van der Waals surface area contributed by atoms with Crippen LogP contribution in [0.4, 0.5) is 0 Å². The van der Waals surface area contributed by atoms with E-state index in [2.05, 4.69) is 30.9 Å². The highest BCUT2D eigenvalue weighted by Gasteiger charge is 2.44. The molecule has 1 aliphatic carbocycles. The molecule has 3 heterocycles. The molecule has 1 aliphatic heterocycles. The van der Waals surface area contributed by atoms with E-state index < -0.39 is 32.0 Å². The van der Waals surface area contributed by atoms with Crippen LogP contribution in [0.15, 0.2) is 12.1 Å². The molecule has 0 bridgehead atoms. The Hall–Kier alpha value is -2.74. The first-order valence-corrected chi connectivity index (χ1v) is 12.5. The number of Topliss-reactive ketones (excluding diaryl/α,β-unsaturated/α-hetero) is 1. The second-order valence-electron chi connectivity index (χ2n) is 10.5. The van der Waals surface area contributed by atoms with Gasteiger partial charge < -0.3 is 9.64 Å². The highest BCUT2D eigenvalue weighted by atomic mass is 32.1. The van der Waals surface area contributed by atoms with Crippen LogP contribution in [0.5, 0.6) is 5.75 Å². The monoisotopic (exact) mass is 502 g/mol. The van der Waals surface area contributed by atoms with Gasteiger partial charge in [0.15, 0.2) is 5.78 Å². The molecule has 7 nitrogen and oxygen atoms in total. The summed E-state index contributed by atoms with van der Waals surface area (Å²) in [5.41, 5.74) is -0.610. The molecule has 1 saturated heterocycles.